The zero-order chi connectivity index (χ0) is 17.2. The zero-order valence-electron chi connectivity index (χ0n) is 14.1. The summed E-state index contributed by atoms with van der Waals surface area (Å²) < 4.78 is 5.40. The summed E-state index contributed by atoms with van der Waals surface area (Å²) in [6, 6.07) is 16.0. The first-order valence-electron chi connectivity index (χ1n) is 8.56. The Kier molecular flexibility index (Phi) is 4.10. The van der Waals surface area contributed by atoms with Crippen molar-refractivity contribution >= 4 is 5.91 Å². The maximum atomic E-state index is 12.4. The van der Waals surface area contributed by atoms with Crippen molar-refractivity contribution in [2.75, 3.05) is 0 Å². The second kappa shape index (κ2) is 6.55. The molecule has 4 nitrogen and oxygen atoms in total. The first-order chi connectivity index (χ1) is 12.2. The molecule has 4 rings (SSSR count). The Morgan fingerprint density at radius 2 is 2.00 bits per heavy atom. The Morgan fingerprint density at radius 1 is 1.16 bits per heavy atom. The molecule has 1 aromatic carbocycles. The van der Waals surface area contributed by atoms with Gasteiger partial charge in [-0.05, 0) is 48.2 Å². The van der Waals surface area contributed by atoms with E-state index in [2.05, 4.69) is 34.6 Å². The van der Waals surface area contributed by atoms with Gasteiger partial charge < -0.3 is 9.73 Å². The first-order valence-corrected chi connectivity index (χ1v) is 8.56. The fourth-order valence-corrected chi connectivity index (χ4v) is 3.20. The molecule has 126 valence electrons. The molecule has 1 aliphatic rings. The molecule has 3 aromatic rings. The minimum atomic E-state index is -0.0201. The molecule has 2 aromatic heterocycles. The first kappa shape index (κ1) is 15.6. The minimum absolute atomic E-state index is 0.0201. The highest BCUT2D eigenvalue weighted by atomic mass is 16.3. The van der Waals surface area contributed by atoms with Crippen LogP contribution in [-0.4, -0.2) is 10.9 Å². The number of hydrogen-bond acceptors (Lipinski definition) is 3. The van der Waals surface area contributed by atoms with Crippen LogP contribution in [0, 0.1) is 5.92 Å². The van der Waals surface area contributed by atoms with Gasteiger partial charge in [0.25, 0.3) is 0 Å². The van der Waals surface area contributed by atoms with E-state index in [1.807, 2.05) is 37.4 Å². The third-order valence-corrected chi connectivity index (χ3v) is 4.80. The predicted octanol–water partition coefficient (Wildman–Crippen LogP) is 4.32. The molecule has 3 atom stereocenters. The molecule has 1 aliphatic carbocycles. The lowest BCUT2D eigenvalue weighted by Gasteiger charge is -2.15. The van der Waals surface area contributed by atoms with E-state index in [0.29, 0.717) is 0 Å². The van der Waals surface area contributed by atoms with Crippen LogP contribution in [0.15, 0.2) is 71.6 Å². The van der Waals surface area contributed by atoms with Gasteiger partial charge in [0.15, 0.2) is 0 Å². The van der Waals surface area contributed by atoms with Gasteiger partial charge in [0, 0.05) is 24.2 Å². The molecule has 1 amide bonds. The minimum Gasteiger partial charge on any atom is -0.469 e. The number of pyridine rings is 1. The lowest BCUT2D eigenvalue weighted by atomic mass is 10.0. The SMILES string of the molecule is C[C@H](NC(=O)[C@@H]1C[C@H]1c1ccco1)c1ccc(-c2cccnc2)cc1. The van der Waals surface area contributed by atoms with Crippen molar-refractivity contribution in [3.63, 3.8) is 0 Å². The van der Waals surface area contributed by atoms with Crippen LogP contribution in [0.25, 0.3) is 11.1 Å². The number of aromatic nitrogens is 1. The molecule has 1 fully saturated rings. The number of hydrogen-bond donors (Lipinski definition) is 1. The fourth-order valence-electron chi connectivity index (χ4n) is 3.20. The molecule has 0 radical (unpaired) electrons. The topological polar surface area (TPSA) is 55.1 Å². The van der Waals surface area contributed by atoms with E-state index < -0.39 is 0 Å². The summed E-state index contributed by atoms with van der Waals surface area (Å²) in [6.07, 6.45) is 6.15. The molecule has 0 unspecified atom stereocenters. The second-order valence-corrected chi connectivity index (χ2v) is 6.56. The van der Waals surface area contributed by atoms with E-state index in [4.69, 9.17) is 4.42 Å². The molecular weight excluding hydrogens is 312 g/mol. The van der Waals surface area contributed by atoms with E-state index >= 15 is 0 Å². The predicted molar refractivity (Wildman–Crippen MR) is 95.8 cm³/mol. The van der Waals surface area contributed by atoms with Gasteiger partial charge in [-0.1, -0.05) is 30.3 Å². The maximum Gasteiger partial charge on any atom is 0.224 e. The van der Waals surface area contributed by atoms with E-state index in [1.54, 1.807) is 12.5 Å². The number of furan rings is 1. The molecule has 4 heteroatoms. The van der Waals surface area contributed by atoms with Crippen LogP contribution in [-0.2, 0) is 4.79 Å². The van der Waals surface area contributed by atoms with Crippen LogP contribution in [0.2, 0.25) is 0 Å². The van der Waals surface area contributed by atoms with Crippen LogP contribution in [0.1, 0.15) is 36.6 Å². The summed E-state index contributed by atoms with van der Waals surface area (Å²) in [5, 5.41) is 3.12. The van der Waals surface area contributed by atoms with Gasteiger partial charge in [0.1, 0.15) is 5.76 Å². The van der Waals surface area contributed by atoms with Gasteiger partial charge in [0.05, 0.1) is 12.3 Å². The normalized spacial score (nSPS) is 20.0. The van der Waals surface area contributed by atoms with E-state index in [9.17, 15) is 4.79 Å². The summed E-state index contributed by atoms with van der Waals surface area (Å²) in [5.41, 5.74) is 3.30. The number of nitrogens with one attached hydrogen (secondary N) is 1. The highest BCUT2D eigenvalue weighted by Crippen LogP contribution is 2.47. The Morgan fingerprint density at radius 3 is 2.68 bits per heavy atom. The van der Waals surface area contributed by atoms with Gasteiger partial charge >= 0.3 is 0 Å². The lowest BCUT2D eigenvalue weighted by Crippen LogP contribution is -2.28. The summed E-state index contributed by atoms with van der Waals surface area (Å²) in [5.74, 6) is 1.28. The van der Waals surface area contributed by atoms with Crippen molar-refractivity contribution in [2.45, 2.75) is 25.3 Å². The highest BCUT2D eigenvalue weighted by molar-refractivity contribution is 5.83. The number of carbonyl (C=O) groups is 1. The van der Waals surface area contributed by atoms with Crippen molar-refractivity contribution in [1.82, 2.24) is 10.3 Å². The molecule has 25 heavy (non-hydrogen) atoms. The molecule has 0 saturated heterocycles. The summed E-state index contributed by atoms with van der Waals surface area (Å²) in [4.78, 5) is 16.6. The number of rotatable bonds is 5. The monoisotopic (exact) mass is 332 g/mol. The third kappa shape index (κ3) is 3.33. The summed E-state index contributed by atoms with van der Waals surface area (Å²) in [6.45, 7) is 2.02. The maximum absolute atomic E-state index is 12.4. The molecule has 0 bridgehead atoms. The second-order valence-electron chi connectivity index (χ2n) is 6.56. The van der Waals surface area contributed by atoms with Gasteiger partial charge in [-0.25, -0.2) is 0 Å². The summed E-state index contributed by atoms with van der Waals surface area (Å²) >= 11 is 0. The standard InChI is InChI=1S/C21H20N2O2/c1-14(23-21(24)19-12-18(19)20-5-3-11-25-20)15-6-8-16(9-7-15)17-4-2-10-22-13-17/h2-11,13-14,18-19H,12H2,1H3,(H,23,24)/t14-,18+,19+/m0/s1. The fraction of sp³-hybridized carbons (Fsp3) is 0.238. The van der Waals surface area contributed by atoms with E-state index in [1.165, 1.54) is 0 Å². The molecule has 1 saturated carbocycles. The van der Waals surface area contributed by atoms with Crippen LogP contribution in [0.4, 0.5) is 0 Å². The Balaban J connectivity index is 1.38. The Labute approximate surface area is 146 Å². The third-order valence-electron chi connectivity index (χ3n) is 4.80. The smallest absolute Gasteiger partial charge is 0.224 e. The van der Waals surface area contributed by atoms with Gasteiger partial charge in [-0.2, -0.15) is 0 Å². The number of carbonyl (C=O) groups excluding carboxylic acids is 1. The number of benzene rings is 1. The molecule has 1 N–H and O–H groups in total. The largest absolute Gasteiger partial charge is 0.469 e. The van der Waals surface area contributed by atoms with Crippen molar-refractivity contribution in [3.05, 3.63) is 78.5 Å². The zero-order valence-corrected chi connectivity index (χ0v) is 14.1. The van der Waals surface area contributed by atoms with Crippen LogP contribution >= 0.6 is 0 Å². The van der Waals surface area contributed by atoms with Crippen LogP contribution < -0.4 is 5.32 Å². The average molecular weight is 332 g/mol. The van der Waals surface area contributed by atoms with Gasteiger partial charge in [-0.3, -0.25) is 9.78 Å². The lowest BCUT2D eigenvalue weighted by molar-refractivity contribution is -0.123. The average Bonchev–Trinajstić information content (AvgIpc) is 3.28. The molecule has 2 heterocycles. The number of nitrogens with zero attached hydrogens (tertiary/aromatic N) is 1. The summed E-state index contributed by atoms with van der Waals surface area (Å²) in [7, 11) is 0. The highest BCUT2D eigenvalue weighted by Gasteiger charge is 2.46. The Hall–Kier alpha value is -2.88. The molecular formula is C21H20N2O2. The molecule has 0 aliphatic heterocycles. The van der Waals surface area contributed by atoms with Crippen molar-refractivity contribution in [3.8, 4) is 11.1 Å². The van der Waals surface area contributed by atoms with Gasteiger partial charge in [-0.15, -0.1) is 0 Å². The van der Waals surface area contributed by atoms with E-state index in [0.717, 1.165) is 28.9 Å². The van der Waals surface area contributed by atoms with Crippen LogP contribution in [0.3, 0.4) is 0 Å². The van der Waals surface area contributed by atoms with Crippen LogP contribution in [0.5, 0.6) is 0 Å². The number of amides is 1. The van der Waals surface area contributed by atoms with Crippen molar-refractivity contribution in [2.24, 2.45) is 5.92 Å². The molecule has 0 spiro atoms. The van der Waals surface area contributed by atoms with Crippen molar-refractivity contribution in [1.29, 1.82) is 0 Å². The van der Waals surface area contributed by atoms with Crippen molar-refractivity contribution < 1.29 is 9.21 Å². The Bertz CT molecular complexity index is 841. The quantitative estimate of drug-likeness (QED) is 0.757. The van der Waals surface area contributed by atoms with Gasteiger partial charge in [0.2, 0.25) is 5.91 Å². The van der Waals surface area contributed by atoms with E-state index in [-0.39, 0.29) is 23.8 Å².